The number of aryl methyl sites for hydroxylation is 2. The number of hydrogen-bond donors (Lipinski definition) is 0. The van der Waals surface area contributed by atoms with Crippen molar-refractivity contribution < 1.29 is 19.2 Å². The Morgan fingerprint density at radius 2 is 0.613 bits per heavy atom. The van der Waals surface area contributed by atoms with Gasteiger partial charge in [0.2, 0.25) is 24.3 Å². The van der Waals surface area contributed by atoms with E-state index in [9.17, 15) is 9.59 Å². The fraction of sp³-hybridized carbons (Fsp3) is 0.229. The summed E-state index contributed by atoms with van der Waals surface area (Å²) in [5.74, 6) is 0. The summed E-state index contributed by atoms with van der Waals surface area (Å²) in [5, 5.41) is 0. The van der Waals surface area contributed by atoms with Gasteiger partial charge in [0, 0.05) is 14.1 Å². The van der Waals surface area contributed by atoms with E-state index < -0.39 is 0 Å². The number of hydrogen-bond acceptors (Lipinski definition) is 14. The van der Waals surface area contributed by atoms with Crippen molar-refractivity contribution >= 4 is 87.8 Å². The summed E-state index contributed by atoms with van der Waals surface area (Å²) < 4.78 is 0. The van der Waals surface area contributed by atoms with Crippen LogP contribution in [-0.4, -0.2) is 56.4 Å². The van der Waals surface area contributed by atoms with Gasteiger partial charge in [0.25, 0.3) is 0 Å². The number of carbonyl (C=O) groups excluding carboxylic acids is 4. The molecule has 5 aromatic rings. The lowest BCUT2D eigenvalue weighted by Gasteiger charge is -1.98. The number of benzene rings is 5. The van der Waals surface area contributed by atoms with E-state index >= 15 is 0 Å². The molecule has 0 aromatic heterocycles. The van der Waals surface area contributed by atoms with Crippen LogP contribution in [0.2, 0.25) is 0 Å². The van der Waals surface area contributed by atoms with Crippen LogP contribution in [0.3, 0.4) is 0 Å². The lowest BCUT2D eigenvalue weighted by atomic mass is 10.2. The first-order valence-corrected chi connectivity index (χ1v) is 18.9. The number of nitrogens with zero attached hydrogens (tertiary/aromatic N) is 10. The molecule has 320 valence electrons. The molecule has 0 aliphatic carbocycles. The summed E-state index contributed by atoms with van der Waals surface area (Å²) >= 11 is 0. The third kappa shape index (κ3) is 27.4. The maximum absolute atomic E-state index is 10.4. The lowest BCUT2D eigenvalue weighted by molar-refractivity contribution is 0.564. The molecule has 0 radical (unpaired) electrons. The van der Waals surface area contributed by atoms with E-state index in [-0.39, 0.29) is 7.43 Å². The van der Waals surface area contributed by atoms with E-state index in [0.29, 0.717) is 22.7 Å². The maximum Gasteiger partial charge on any atom is 0.240 e. The van der Waals surface area contributed by atoms with E-state index in [0.717, 1.165) is 33.9 Å². The Hall–Kier alpha value is -8.24. The molecular weight excluding hydrogens is 781 g/mol. The van der Waals surface area contributed by atoms with Crippen LogP contribution in [-0.2, 0) is 19.2 Å². The summed E-state index contributed by atoms with van der Waals surface area (Å²) in [6.07, 6.45) is 5.62. The Labute approximate surface area is 365 Å². The molecule has 0 aliphatic rings. The fourth-order valence-corrected chi connectivity index (χ4v) is 3.73. The Balaban J connectivity index is -0.000000857. The topological polar surface area (TPSA) is 192 Å². The molecule has 0 amide bonds. The van der Waals surface area contributed by atoms with E-state index in [4.69, 9.17) is 9.59 Å². The van der Waals surface area contributed by atoms with Crippen LogP contribution < -0.4 is 0 Å². The highest BCUT2D eigenvalue weighted by Crippen LogP contribution is 2.26. The molecule has 0 fully saturated rings. The van der Waals surface area contributed by atoms with Crippen molar-refractivity contribution in [3.05, 3.63) is 132 Å². The lowest BCUT2D eigenvalue weighted by Crippen LogP contribution is -1.74. The molecule has 0 saturated carbocycles. The first-order chi connectivity index (χ1) is 29.9. The molecule has 0 aliphatic heterocycles. The van der Waals surface area contributed by atoms with Gasteiger partial charge < -0.3 is 0 Å². The van der Waals surface area contributed by atoms with Crippen molar-refractivity contribution in [1.82, 2.24) is 0 Å². The van der Waals surface area contributed by atoms with Gasteiger partial charge in [-0.2, -0.15) is 39.9 Å². The van der Waals surface area contributed by atoms with Gasteiger partial charge >= 0.3 is 0 Å². The number of rotatable bonds is 8. The van der Waals surface area contributed by atoms with Crippen molar-refractivity contribution in [2.24, 2.45) is 49.9 Å². The standard InChI is InChI=1S/C20H14N4.C17H12N4O2.2C2H3NO.3C2H6.CH4/c1-3-8-17(9-4-1)21-15-23-19-12-7-13-20(14-19)24-16-22-18-10-5-2-6-11-18;1-12-3-5-14(7-16(12)20-10-22)18-9-19-15-6-4-13(2)17(8-15)21-11-23;2*1-3-2-4;3*1-2;/h1-14H;3-8H,1-2H3;2*1H3;3*1-2H3;1H4. The largest absolute Gasteiger partial charge is 0.240 e. The van der Waals surface area contributed by atoms with E-state index in [1.54, 1.807) is 36.4 Å². The van der Waals surface area contributed by atoms with Gasteiger partial charge in [0.1, 0.15) is 18.0 Å². The van der Waals surface area contributed by atoms with E-state index in [2.05, 4.69) is 67.9 Å². The predicted octanol–water partition coefficient (Wildman–Crippen LogP) is 14.0. The number of isocyanates is 4. The summed E-state index contributed by atoms with van der Waals surface area (Å²) in [6.45, 7) is 15.7. The summed E-state index contributed by atoms with van der Waals surface area (Å²) in [6, 6.07) is 44.9. The molecule has 62 heavy (non-hydrogen) atoms. The minimum atomic E-state index is 0. The van der Waals surface area contributed by atoms with Gasteiger partial charge in [-0.3, -0.25) is 0 Å². The first kappa shape index (κ1) is 58.1. The Kier molecular flexibility index (Phi) is 38.3. The molecule has 0 saturated heterocycles. The average molecular weight is 835 g/mol. The monoisotopic (exact) mass is 834 g/mol. The molecule has 0 spiro atoms. The highest BCUT2D eigenvalue weighted by molar-refractivity contribution is 5.66. The van der Waals surface area contributed by atoms with Crippen LogP contribution in [0.4, 0.5) is 45.5 Å². The van der Waals surface area contributed by atoms with Gasteiger partial charge in [-0.15, -0.1) is 0 Å². The molecule has 0 atom stereocenters. The average Bonchev–Trinajstić information content (AvgIpc) is 3.32. The van der Waals surface area contributed by atoms with Crippen molar-refractivity contribution in [3.63, 3.8) is 0 Å². The first-order valence-electron chi connectivity index (χ1n) is 18.9. The second-order valence-corrected chi connectivity index (χ2v) is 10.1. The maximum atomic E-state index is 10.4. The number of para-hydroxylation sites is 2. The number of aliphatic imine (C=N–C) groups is 10. The zero-order valence-corrected chi connectivity index (χ0v) is 36.2. The summed E-state index contributed by atoms with van der Waals surface area (Å²) in [4.78, 5) is 76.4. The molecule has 5 aromatic carbocycles. The van der Waals surface area contributed by atoms with E-state index in [1.807, 2.05) is 140 Å². The van der Waals surface area contributed by atoms with Gasteiger partial charge in [0.15, 0.2) is 0 Å². The molecule has 0 unspecified atom stereocenters. The molecule has 0 heterocycles. The third-order valence-electron chi connectivity index (χ3n) is 6.32. The highest BCUT2D eigenvalue weighted by atomic mass is 16.1. The fourth-order valence-electron chi connectivity index (χ4n) is 3.73. The Morgan fingerprint density at radius 1 is 0.339 bits per heavy atom. The van der Waals surface area contributed by atoms with Crippen LogP contribution >= 0.6 is 0 Å². The second-order valence-electron chi connectivity index (χ2n) is 10.1. The van der Waals surface area contributed by atoms with Gasteiger partial charge in [-0.1, -0.05) is 104 Å². The smallest absolute Gasteiger partial charge is 0.211 e. The van der Waals surface area contributed by atoms with Crippen LogP contribution in [0.1, 0.15) is 60.1 Å². The van der Waals surface area contributed by atoms with Crippen LogP contribution in [0.25, 0.3) is 0 Å². The second kappa shape index (κ2) is 40.9. The molecule has 14 heteroatoms. The van der Waals surface area contributed by atoms with E-state index in [1.165, 1.54) is 38.4 Å². The van der Waals surface area contributed by atoms with Crippen molar-refractivity contribution in [2.45, 2.75) is 62.8 Å². The minimum Gasteiger partial charge on any atom is -0.211 e. The van der Waals surface area contributed by atoms with Gasteiger partial charge in [0.05, 0.1) is 45.5 Å². The summed E-state index contributed by atoms with van der Waals surface area (Å²) in [7, 11) is 2.76. The molecule has 5 rings (SSSR count). The molecular formula is C48H54N10O4. The predicted molar refractivity (Wildman–Crippen MR) is 254 cm³/mol. The van der Waals surface area contributed by atoms with Crippen molar-refractivity contribution in [1.29, 1.82) is 0 Å². The SMILES string of the molecule is C.C(=Nc1ccccc1)=Nc1cccc(N=C=Nc2ccccc2)c1.CC.CC.CC.CN=C=O.CN=C=O.Cc1ccc(N=C=Nc2ccc(C)c(N=C=O)c2)cc1N=C=O. The zero-order chi connectivity index (χ0) is 45.9. The molecule has 14 nitrogen and oxygen atoms in total. The van der Waals surface area contributed by atoms with Crippen molar-refractivity contribution in [3.8, 4) is 0 Å². The van der Waals surface area contributed by atoms with Crippen LogP contribution in [0.5, 0.6) is 0 Å². The third-order valence-corrected chi connectivity index (χ3v) is 6.32. The van der Waals surface area contributed by atoms with Crippen molar-refractivity contribution in [2.75, 3.05) is 14.1 Å². The van der Waals surface area contributed by atoms with Crippen LogP contribution in [0.15, 0.2) is 171 Å². The molecule has 0 bridgehead atoms. The normalized spacial score (nSPS) is 7.84. The minimum absolute atomic E-state index is 0. The van der Waals surface area contributed by atoms with Crippen LogP contribution in [0, 0.1) is 13.8 Å². The highest BCUT2D eigenvalue weighted by Gasteiger charge is 1.99. The Bertz CT molecular complexity index is 2240. The van der Waals surface area contributed by atoms with Gasteiger partial charge in [-0.25, -0.2) is 29.2 Å². The zero-order valence-electron chi connectivity index (χ0n) is 36.2. The Morgan fingerprint density at radius 3 is 0.903 bits per heavy atom. The molecule has 0 N–H and O–H groups in total. The summed E-state index contributed by atoms with van der Waals surface area (Å²) in [5.41, 5.74) is 6.88. The van der Waals surface area contributed by atoms with Gasteiger partial charge in [-0.05, 0) is 91.7 Å². The quantitative estimate of drug-likeness (QED) is 0.111.